The summed E-state index contributed by atoms with van der Waals surface area (Å²) in [5.74, 6) is -0.617. The molecule has 4 aromatic rings. The molecule has 0 aliphatic carbocycles. The van der Waals surface area contributed by atoms with E-state index >= 15 is 4.39 Å². The first-order chi connectivity index (χ1) is 17.5. The molecule has 4 aromatic carbocycles. The minimum absolute atomic E-state index is 0.108. The van der Waals surface area contributed by atoms with E-state index in [4.69, 9.17) is 11.6 Å². The van der Waals surface area contributed by atoms with Crippen LogP contribution in [-0.4, -0.2) is 0 Å². The molecule has 0 radical (unpaired) electrons. The van der Waals surface area contributed by atoms with Gasteiger partial charge >= 0.3 is 0 Å². The van der Waals surface area contributed by atoms with Gasteiger partial charge in [0.1, 0.15) is 11.6 Å². The van der Waals surface area contributed by atoms with Crippen molar-refractivity contribution >= 4 is 22.4 Å². The van der Waals surface area contributed by atoms with Crippen LogP contribution in [0.2, 0.25) is 5.02 Å². The SMILES string of the molecule is CCCCCCCc1ccc(CCc2ccc3c(F)c(CCc4ccc(Cl)c(F)c4)ccc3c2)cc1. The molecule has 0 nitrogen and oxygen atoms in total. The van der Waals surface area contributed by atoms with Gasteiger partial charge in [0.2, 0.25) is 0 Å². The van der Waals surface area contributed by atoms with Crippen molar-refractivity contribution in [2.45, 2.75) is 71.1 Å². The van der Waals surface area contributed by atoms with Crippen molar-refractivity contribution in [3.63, 3.8) is 0 Å². The minimum Gasteiger partial charge on any atom is -0.206 e. The van der Waals surface area contributed by atoms with Gasteiger partial charge in [-0.3, -0.25) is 0 Å². The first-order valence-corrected chi connectivity index (χ1v) is 13.6. The number of hydrogen-bond donors (Lipinski definition) is 0. The van der Waals surface area contributed by atoms with E-state index in [0.717, 1.165) is 23.8 Å². The molecule has 0 spiro atoms. The first kappa shape index (κ1) is 26.4. The maximum Gasteiger partial charge on any atom is 0.142 e. The molecule has 0 N–H and O–H groups in total. The van der Waals surface area contributed by atoms with Crippen LogP contribution in [0, 0.1) is 11.6 Å². The summed E-state index contributed by atoms with van der Waals surface area (Å²) in [6.45, 7) is 2.25. The Bertz CT molecular complexity index is 1280. The quantitative estimate of drug-likeness (QED) is 0.168. The monoisotopic (exact) mass is 504 g/mol. The number of halogens is 3. The van der Waals surface area contributed by atoms with E-state index in [1.807, 2.05) is 24.3 Å². The van der Waals surface area contributed by atoms with E-state index in [1.165, 1.54) is 61.3 Å². The molecule has 0 bridgehead atoms. The van der Waals surface area contributed by atoms with Crippen molar-refractivity contribution in [3.8, 4) is 0 Å². The molecule has 188 valence electrons. The smallest absolute Gasteiger partial charge is 0.142 e. The van der Waals surface area contributed by atoms with Crippen molar-refractivity contribution in [2.24, 2.45) is 0 Å². The van der Waals surface area contributed by atoms with Gasteiger partial charge in [-0.1, -0.05) is 105 Å². The summed E-state index contributed by atoms with van der Waals surface area (Å²) >= 11 is 5.76. The summed E-state index contributed by atoms with van der Waals surface area (Å²) in [6, 6.07) is 23.7. The molecule has 0 aliphatic rings. The van der Waals surface area contributed by atoms with Gasteiger partial charge in [0.05, 0.1) is 5.02 Å². The van der Waals surface area contributed by atoms with E-state index in [0.29, 0.717) is 23.8 Å². The van der Waals surface area contributed by atoms with Crippen LogP contribution in [0.1, 0.15) is 66.8 Å². The Hall–Kier alpha value is -2.71. The number of hydrogen-bond acceptors (Lipinski definition) is 0. The number of fused-ring (bicyclic) bond motifs is 1. The molecule has 0 heterocycles. The molecule has 4 rings (SSSR count). The molecular weight excluding hydrogens is 470 g/mol. The van der Waals surface area contributed by atoms with E-state index in [9.17, 15) is 4.39 Å². The van der Waals surface area contributed by atoms with Gasteiger partial charge in [-0.15, -0.1) is 0 Å². The summed E-state index contributed by atoms with van der Waals surface area (Å²) in [5, 5.41) is 1.67. The molecule has 0 aromatic heterocycles. The summed E-state index contributed by atoms with van der Waals surface area (Å²) in [4.78, 5) is 0. The van der Waals surface area contributed by atoms with Gasteiger partial charge in [-0.2, -0.15) is 0 Å². The Balaban J connectivity index is 1.33. The number of unbranched alkanes of at least 4 members (excludes halogenated alkanes) is 4. The van der Waals surface area contributed by atoms with Crippen molar-refractivity contribution in [1.29, 1.82) is 0 Å². The minimum atomic E-state index is -0.436. The van der Waals surface area contributed by atoms with Crippen molar-refractivity contribution in [3.05, 3.63) is 117 Å². The maximum atomic E-state index is 15.2. The van der Waals surface area contributed by atoms with Gasteiger partial charge in [-0.05, 0) is 83.9 Å². The van der Waals surface area contributed by atoms with Gasteiger partial charge in [0.25, 0.3) is 0 Å². The largest absolute Gasteiger partial charge is 0.206 e. The third-order valence-corrected chi connectivity index (χ3v) is 7.37. The highest BCUT2D eigenvalue weighted by molar-refractivity contribution is 6.30. The van der Waals surface area contributed by atoms with Crippen LogP contribution in [0.4, 0.5) is 8.78 Å². The van der Waals surface area contributed by atoms with Gasteiger partial charge in [0.15, 0.2) is 0 Å². The van der Waals surface area contributed by atoms with Crippen LogP contribution >= 0.6 is 11.6 Å². The van der Waals surface area contributed by atoms with Crippen molar-refractivity contribution < 1.29 is 8.78 Å². The topological polar surface area (TPSA) is 0 Å². The molecule has 0 aliphatic heterocycles. The normalized spacial score (nSPS) is 11.3. The van der Waals surface area contributed by atoms with Crippen LogP contribution in [0.15, 0.2) is 72.8 Å². The number of aryl methyl sites for hydroxylation is 5. The van der Waals surface area contributed by atoms with Crippen LogP contribution in [-0.2, 0) is 32.1 Å². The van der Waals surface area contributed by atoms with Gasteiger partial charge < -0.3 is 0 Å². The highest BCUT2D eigenvalue weighted by Crippen LogP contribution is 2.25. The predicted octanol–water partition coefficient (Wildman–Crippen LogP) is 9.85. The molecule has 0 saturated heterocycles. The average molecular weight is 505 g/mol. The lowest BCUT2D eigenvalue weighted by molar-refractivity contribution is 0.617. The fraction of sp³-hybridized carbons (Fsp3) is 0.333. The molecule has 0 fully saturated rings. The summed E-state index contributed by atoms with van der Waals surface area (Å²) in [6.07, 6.45) is 10.7. The van der Waals surface area contributed by atoms with E-state index in [2.05, 4.69) is 37.3 Å². The molecule has 0 saturated carbocycles. The standard InChI is InChI=1S/C33H35ClF2/c1-2-3-4-5-6-7-24-8-10-25(11-9-24)12-13-26-15-20-30-29(22-26)19-18-28(33(30)36)17-14-27-16-21-31(34)32(35)23-27/h8-11,15-16,18-23H,2-7,12-14,17H2,1H3. The van der Waals surface area contributed by atoms with E-state index in [-0.39, 0.29) is 10.8 Å². The third kappa shape index (κ3) is 7.17. The highest BCUT2D eigenvalue weighted by Gasteiger charge is 2.10. The molecule has 0 atom stereocenters. The third-order valence-electron chi connectivity index (χ3n) is 7.06. The van der Waals surface area contributed by atoms with E-state index in [1.54, 1.807) is 12.1 Å². The van der Waals surface area contributed by atoms with Crippen LogP contribution in [0.25, 0.3) is 10.8 Å². The summed E-state index contributed by atoms with van der Waals surface area (Å²) in [7, 11) is 0. The Kier molecular flexibility index (Phi) is 9.53. The first-order valence-electron chi connectivity index (χ1n) is 13.2. The fourth-order valence-electron chi connectivity index (χ4n) is 4.80. The van der Waals surface area contributed by atoms with Crippen LogP contribution in [0.5, 0.6) is 0 Å². The van der Waals surface area contributed by atoms with Crippen LogP contribution in [0.3, 0.4) is 0 Å². The molecule has 0 amide bonds. The van der Waals surface area contributed by atoms with Gasteiger partial charge in [-0.25, -0.2) is 8.78 Å². The van der Waals surface area contributed by atoms with Crippen molar-refractivity contribution in [1.82, 2.24) is 0 Å². The lowest BCUT2D eigenvalue weighted by Crippen LogP contribution is -1.97. The summed E-state index contributed by atoms with van der Waals surface area (Å²) in [5.41, 5.74) is 5.44. The van der Waals surface area contributed by atoms with Crippen molar-refractivity contribution in [2.75, 3.05) is 0 Å². The zero-order chi connectivity index (χ0) is 25.3. The van der Waals surface area contributed by atoms with E-state index < -0.39 is 5.82 Å². The van der Waals surface area contributed by atoms with Crippen LogP contribution < -0.4 is 0 Å². The molecular formula is C33H35ClF2. The Morgan fingerprint density at radius 1 is 0.583 bits per heavy atom. The lowest BCUT2D eigenvalue weighted by Gasteiger charge is -2.10. The Labute approximate surface area is 219 Å². The van der Waals surface area contributed by atoms with Gasteiger partial charge in [0, 0.05) is 5.39 Å². The summed E-state index contributed by atoms with van der Waals surface area (Å²) < 4.78 is 28.9. The highest BCUT2D eigenvalue weighted by atomic mass is 35.5. The second kappa shape index (κ2) is 13.0. The molecule has 0 unspecified atom stereocenters. The predicted molar refractivity (Wildman–Crippen MR) is 149 cm³/mol. The maximum absolute atomic E-state index is 15.2. The second-order valence-electron chi connectivity index (χ2n) is 9.82. The average Bonchev–Trinajstić information content (AvgIpc) is 2.89. The Morgan fingerprint density at radius 3 is 1.94 bits per heavy atom. The number of benzene rings is 4. The Morgan fingerprint density at radius 2 is 1.19 bits per heavy atom. The zero-order valence-electron chi connectivity index (χ0n) is 21.1. The molecule has 3 heteroatoms. The zero-order valence-corrected chi connectivity index (χ0v) is 21.9. The fourth-order valence-corrected chi connectivity index (χ4v) is 4.92. The number of rotatable bonds is 12. The molecule has 36 heavy (non-hydrogen) atoms. The second-order valence-corrected chi connectivity index (χ2v) is 10.2. The lowest BCUT2D eigenvalue weighted by atomic mass is 9.97.